The summed E-state index contributed by atoms with van der Waals surface area (Å²) in [5.41, 5.74) is 1.02. The van der Waals surface area contributed by atoms with E-state index in [-0.39, 0.29) is 36.4 Å². The summed E-state index contributed by atoms with van der Waals surface area (Å²) in [4.78, 5) is 12.0. The molecule has 5 nitrogen and oxygen atoms in total. The Kier molecular flexibility index (Phi) is 6.95. The van der Waals surface area contributed by atoms with Crippen LogP contribution in [0.1, 0.15) is 18.6 Å². The molecule has 2 rings (SSSR count). The van der Waals surface area contributed by atoms with E-state index in [2.05, 4.69) is 10.6 Å². The Morgan fingerprint density at radius 1 is 1.29 bits per heavy atom. The van der Waals surface area contributed by atoms with Crippen molar-refractivity contribution in [2.75, 3.05) is 27.3 Å². The molecular formula is C15H23ClN2O3. The van der Waals surface area contributed by atoms with Crippen LogP contribution in [0, 0.1) is 5.92 Å². The van der Waals surface area contributed by atoms with E-state index in [1.165, 1.54) is 0 Å². The number of benzene rings is 1. The van der Waals surface area contributed by atoms with Gasteiger partial charge in [0.05, 0.1) is 19.1 Å². The van der Waals surface area contributed by atoms with Crippen LogP contribution in [0.2, 0.25) is 0 Å². The van der Waals surface area contributed by atoms with E-state index in [1.54, 1.807) is 14.2 Å². The first-order valence-electron chi connectivity index (χ1n) is 6.83. The zero-order chi connectivity index (χ0) is 14.5. The Morgan fingerprint density at radius 2 is 1.90 bits per heavy atom. The molecule has 1 heterocycles. The van der Waals surface area contributed by atoms with E-state index in [0.29, 0.717) is 0 Å². The predicted octanol–water partition coefficient (Wildman–Crippen LogP) is 1.53. The highest BCUT2D eigenvalue weighted by Crippen LogP contribution is 2.23. The number of amides is 1. The number of hydrogen-bond donors (Lipinski definition) is 2. The van der Waals surface area contributed by atoms with Gasteiger partial charge in [0.2, 0.25) is 5.91 Å². The van der Waals surface area contributed by atoms with Crippen LogP contribution in [0.4, 0.5) is 0 Å². The van der Waals surface area contributed by atoms with Crippen LogP contribution in [0.5, 0.6) is 5.75 Å². The predicted molar refractivity (Wildman–Crippen MR) is 84.0 cm³/mol. The maximum atomic E-state index is 12.0. The van der Waals surface area contributed by atoms with Gasteiger partial charge in [-0.1, -0.05) is 12.1 Å². The van der Waals surface area contributed by atoms with E-state index in [0.717, 1.165) is 24.4 Å². The zero-order valence-electron chi connectivity index (χ0n) is 12.6. The number of nitrogens with one attached hydrogen (secondary N) is 2. The van der Waals surface area contributed by atoms with Crippen molar-refractivity contribution in [2.24, 2.45) is 5.92 Å². The second-order valence-corrected chi connectivity index (χ2v) is 5.08. The van der Waals surface area contributed by atoms with E-state index in [4.69, 9.17) is 9.47 Å². The summed E-state index contributed by atoms with van der Waals surface area (Å²) in [6, 6.07) is 7.63. The van der Waals surface area contributed by atoms with Crippen LogP contribution in [0.15, 0.2) is 24.3 Å². The van der Waals surface area contributed by atoms with Gasteiger partial charge in [0.1, 0.15) is 11.9 Å². The highest BCUT2D eigenvalue weighted by molar-refractivity contribution is 5.85. The molecule has 0 radical (unpaired) electrons. The molecule has 1 aromatic rings. The minimum Gasteiger partial charge on any atom is -0.497 e. The van der Waals surface area contributed by atoms with Gasteiger partial charge in [0.15, 0.2) is 0 Å². The first-order valence-corrected chi connectivity index (χ1v) is 6.83. The van der Waals surface area contributed by atoms with Gasteiger partial charge in [-0.05, 0) is 24.6 Å². The third kappa shape index (κ3) is 4.33. The smallest absolute Gasteiger partial charge is 0.225 e. The van der Waals surface area contributed by atoms with Crippen LogP contribution in [-0.4, -0.2) is 39.3 Å². The highest BCUT2D eigenvalue weighted by atomic mass is 35.5. The van der Waals surface area contributed by atoms with Crippen LogP contribution >= 0.6 is 12.4 Å². The van der Waals surface area contributed by atoms with Crippen LogP contribution in [0.25, 0.3) is 0 Å². The van der Waals surface area contributed by atoms with E-state index < -0.39 is 0 Å². The molecule has 1 aliphatic heterocycles. The quantitative estimate of drug-likeness (QED) is 0.836. The van der Waals surface area contributed by atoms with Crippen molar-refractivity contribution >= 4 is 18.3 Å². The van der Waals surface area contributed by atoms with Gasteiger partial charge in [-0.2, -0.15) is 0 Å². The molecular weight excluding hydrogens is 292 g/mol. The molecule has 1 fully saturated rings. The van der Waals surface area contributed by atoms with Gasteiger partial charge < -0.3 is 20.1 Å². The van der Waals surface area contributed by atoms with Crippen molar-refractivity contribution in [2.45, 2.75) is 19.1 Å². The first-order chi connectivity index (χ1) is 9.65. The molecule has 2 N–H and O–H groups in total. The summed E-state index contributed by atoms with van der Waals surface area (Å²) >= 11 is 0. The summed E-state index contributed by atoms with van der Waals surface area (Å²) < 4.78 is 10.7. The number of methoxy groups -OCH3 is 2. The van der Waals surface area contributed by atoms with Crippen LogP contribution in [0.3, 0.4) is 0 Å². The van der Waals surface area contributed by atoms with Crippen molar-refractivity contribution in [3.8, 4) is 5.75 Å². The van der Waals surface area contributed by atoms with Crippen molar-refractivity contribution in [1.29, 1.82) is 0 Å². The second kappa shape index (κ2) is 8.22. The minimum absolute atomic E-state index is 0. The van der Waals surface area contributed by atoms with E-state index >= 15 is 0 Å². The van der Waals surface area contributed by atoms with Crippen molar-refractivity contribution in [3.63, 3.8) is 0 Å². The molecule has 0 spiro atoms. The zero-order valence-corrected chi connectivity index (χ0v) is 13.4. The third-order valence-corrected chi connectivity index (χ3v) is 3.67. The van der Waals surface area contributed by atoms with Crippen molar-refractivity contribution in [1.82, 2.24) is 10.6 Å². The number of carbonyl (C=O) groups is 1. The fraction of sp³-hybridized carbons (Fsp3) is 0.533. The summed E-state index contributed by atoms with van der Waals surface area (Å²) in [6.45, 7) is 3.49. The van der Waals surface area contributed by atoms with Gasteiger partial charge >= 0.3 is 0 Å². The molecule has 118 valence electrons. The lowest BCUT2D eigenvalue weighted by atomic mass is 9.99. The Bertz CT molecular complexity index is 449. The normalized spacial score (nSPS) is 17.1. The van der Waals surface area contributed by atoms with Crippen molar-refractivity contribution in [3.05, 3.63) is 29.8 Å². The standard InChI is InChI=1S/C15H22N2O3.ClH/c1-10(17-15(18)12-8-16-9-12)14(20-3)11-4-6-13(19-2)7-5-11;/h4-7,10,12,14,16H,8-9H2,1-3H3,(H,17,18);1H. The SMILES string of the molecule is COc1ccc(C(OC)C(C)NC(=O)C2CNC2)cc1.Cl. The van der Waals surface area contributed by atoms with Gasteiger partial charge in [-0.3, -0.25) is 4.79 Å². The molecule has 1 amide bonds. The average molecular weight is 315 g/mol. The molecule has 1 aliphatic rings. The molecule has 6 heteroatoms. The fourth-order valence-corrected chi connectivity index (χ4v) is 2.31. The number of hydrogen-bond acceptors (Lipinski definition) is 4. The van der Waals surface area contributed by atoms with Gasteiger partial charge in [-0.25, -0.2) is 0 Å². The van der Waals surface area contributed by atoms with Crippen molar-refractivity contribution < 1.29 is 14.3 Å². The lowest BCUT2D eigenvalue weighted by Crippen LogP contribution is -2.53. The van der Waals surface area contributed by atoms with Crippen LogP contribution < -0.4 is 15.4 Å². The maximum absolute atomic E-state index is 12.0. The molecule has 1 aromatic carbocycles. The molecule has 1 saturated heterocycles. The molecule has 0 bridgehead atoms. The second-order valence-electron chi connectivity index (χ2n) is 5.08. The summed E-state index contributed by atoms with van der Waals surface area (Å²) in [6.07, 6.45) is -0.169. The van der Waals surface area contributed by atoms with Gasteiger partial charge in [0, 0.05) is 20.2 Å². The fourth-order valence-electron chi connectivity index (χ4n) is 2.31. The van der Waals surface area contributed by atoms with E-state index in [9.17, 15) is 4.79 Å². The summed E-state index contributed by atoms with van der Waals surface area (Å²) in [5, 5.41) is 6.12. The average Bonchev–Trinajstić information content (AvgIpc) is 2.38. The van der Waals surface area contributed by atoms with E-state index in [1.807, 2.05) is 31.2 Å². The lowest BCUT2D eigenvalue weighted by Gasteiger charge is -2.30. The molecule has 0 aromatic heterocycles. The molecule has 21 heavy (non-hydrogen) atoms. The highest BCUT2D eigenvalue weighted by Gasteiger charge is 2.28. The Labute approximate surface area is 131 Å². The minimum atomic E-state index is -0.169. The number of halogens is 1. The molecule has 2 atom stereocenters. The molecule has 0 aliphatic carbocycles. The molecule has 2 unspecified atom stereocenters. The summed E-state index contributed by atoms with van der Waals surface area (Å²) in [5.74, 6) is 0.985. The lowest BCUT2D eigenvalue weighted by molar-refractivity contribution is -0.128. The van der Waals surface area contributed by atoms with Crippen LogP contribution in [-0.2, 0) is 9.53 Å². The Morgan fingerprint density at radius 3 is 2.33 bits per heavy atom. The summed E-state index contributed by atoms with van der Waals surface area (Å²) in [7, 11) is 3.29. The molecule has 0 saturated carbocycles. The third-order valence-electron chi connectivity index (χ3n) is 3.67. The van der Waals surface area contributed by atoms with Gasteiger partial charge in [0.25, 0.3) is 0 Å². The number of carbonyl (C=O) groups excluding carboxylic acids is 1. The topological polar surface area (TPSA) is 59.6 Å². The first kappa shape index (κ1) is 17.8. The Hall–Kier alpha value is -1.30. The number of rotatable bonds is 6. The van der Waals surface area contributed by atoms with Gasteiger partial charge in [-0.15, -0.1) is 12.4 Å². The monoisotopic (exact) mass is 314 g/mol. The Balaban J connectivity index is 0.00000220. The number of ether oxygens (including phenoxy) is 2. The maximum Gasteiger partial charge on any atom is 0.225 e. The largest absolute Gasteiger partial charge is 0.497 e.